The van der Waals surface area contributed by atoms with Gasteiger partial charge in [-0.15, -0.1) is 0 Å². The molecule has 4 rings (SSSR count). The average Bonchev–Trinajstić information content (AvgIpc) is 3.05. The summed E-state index contributed by atoms with van der Waals surface area (Å²) in [5.41, 5.74) is 1.95. The molecule has 168 valence electrons. The maximum absolute atomic E-state index is 13.6. The number of para-hydroxylation sites is 3. The lowest BCUT2D eigenvalue weighted by molar-refractivity contribution is -0.137. The molecule has 0 fully saturated rings. The van der Waals surface area contributed by atoms with Crippen molar-refractivity contribution in [1.29, 1.82) is 0 Å². The van der Waals surface area contributed by atoms with E-state index in [0.717, 1.165) is 4.90 Å². The van der Waals surface area contributed by atoms with Crippen molar-refractivity contribution in [1.82, 2.24) is 4.90 Å². The van der Waals surface area contributed by atoms with Crippen LogP contribution in [0.3, 0.4) is 0 Å². The molecule has 33 heavy (non-hydrogen) atoms. The predicted molar refractivity (Wildman–Crippen MR) is 123 cm³/mol. The van der Waals surface area contributed by atoms with Gasteiger partial charge in [0.15, 0.2) is 0 Å². The molecule has 0 radical (unpaired) electrons. The first-order chi connectivity index (χ1) is 16.0. The number of anilines is 1. The average molecular weight is 446 g/mol. The fourth-order valence-electron chi connectivity index (χ4n) is 3.71. The molecule has 1 N–H and O–H groups in total. The number of halogens is 1. The first-order valence-corrected chi connectivity index (χ1v) is 10.5. The number of benzene rings is 3. The van der Waals surface area contributed by atoms with Crippen LogP contribution in [-0.2, 0) is 16.1 Å². The van der Waals surface area contributed by atoms with E-state index in [1.807, 2.05) is 25.1 Å². The van der Waals surface area contributed by atoms with Gasteiger partial charge in [0.2, 0.25) is 0 Å². The molecular formula is C26H23FN2O4. The van der Waals surface area contributed by atoms with Gasteiger partial charge in [-0.25, -0.2) is 4.39 Å². The molecule has 0 aliphatic carbocycles. The molecule has 3 aromatic rings. The van der Waals surface area contributed by atoms with Crippen molar-refractivity contribution in [3.63, 3.8) is 0 Å². The van der Waals surface area contributed by atoms with Gasteiger partial charge in [0.1, 0.15) is 23.0 Å². The Hall–Kier alpha value is -4.13. The number of nitrogens with zero attached hydrogens (tertiary/aromatic N) is 1. The SMILES string of the molecule is CCOc1ccccc1NC1=C(c2ccc(F)cc2)C(=O)N(Cc2ccccc2OC)C1=O. The van der Waals surface area contributed by atoms with Crippen LogP contribution < -0.4 is 14.8 Å². The van der Waals surface area contributed by atoms with Crippen molar-refractivity contribution >= 4 is 23.1 Å². The van der Waals surface area contributed by atoms with E-state index in [1.165, 1.54) is 31.4 Å². The van der Waals surface area contributed by atoms with E-state index in [1.54, 1.807) is 30.3 Å². The standard InChI is InChI=1S/C26H23FN2O4/c1-3-33-22-11-7-5-9-20(22)28-24-23(17-12-14-19(27)15-13-17)25(30)29(26(24)31)16-18-8-4-6-10-21(18)32-2/h4-15,28H,3,16H2,1-2H3. The molecule has 3 aromatic carbocycles. The number of nitrogens with one attached hydrogen (secondary N) is 1. The van der Waals surface area contributed by atoms with E-state index < -0.39 is 17.6 Å². The minimum absolute atomic E-state index is 0.0324. The fraction of sp³-hybridized carbons (Fsp3) is 0.154. The van der Waals surface area contributed by atoms with E-state index in [2.05, 4.69) is 5.32 Å². The van der Waals surface area contributed by atoms with Crippen LogP contribution in [0.25, 0.3) is 5.57 Å². The summed E-state index contributed by atoms with van der Waals surface area (Å²) >= 11 is 0. The number of methoxy groups -OCH3 is 1. The summed E-state index contributed by atoms with van der Waals surface area (Å²) < 4.78 is 24.6. The molecule has 0 saturated heterocycles. The number of carbonyl (C=O) groups excluding carboxylic acids is 2. The molecule has 0 spiro atoms. The fourth-order valence-corrected chi connectivity index (χ4v) is 3.71. The van der Waals surface area contributed by atoms with Crippen LogP contribution >= 0.6 is 0 Å². The third kappa shape index (κ3) is 4.43. The number of hydrogen-bond acceptors (Lipinski definition) is 5. The highest BCUT2D eigenvalue weighted by molar-refractivity contribution is 6.36. The molecule has 1 heterocycles. The zero-order valence-electron chi connectivity index (χ0n) is 18.3. The first kappa shape index (κ1) is 22.1. The van der Waals surface area contributed by atoms with Gasteiger partial charge >= 0.3 is 0 Å². The molecule has 1 aliphatic heterocycles. The number of imide groups is 1. The van der Waals surface area contributed by atoms with Crippen LogP contribution in [-0.4, -0.2) is 30.4 Å². The maximum atomic E-state index is 13.6. The van der Waals surface area contributed by atoms with Gasteiger partial charge in [0, 0.05) is 5.56 Å². The van der Waals surface area contributed by atoms with Crippen molar-refractivity contribution < 1.29 is 23.5 Å². The maximum Gasteiger partial charge on any atom is 0.278 e. The second kappa shape index (κ2) is 9.56. The zero-order chi connectivity index (χ0) is 23.4. The smallest absolute Gasteiger partial charge is 0.278 e. The van der Waals surface area contributed by atoms with Crippen molar-refractivity contribution in [2.24, 2.45) is 0 Å². The summed E-state index contributed by atoms with van der Waals surface area (Å²) in [7, 11) is 1.53. The molecule has 6 nitrogen and oxygen atoms in total. The Morgan fingerprint density at radius 1 is 0.879 bits per heavy atom. The minimum atomic E-state index is -0.489. The van der Waals surface area contributed by atoms with Crippen LogP contribution in [0.5, 0.6) is 11.5 Å². The Morgan fingerprint density at radius 2 is 1.55 bits per heavy atom. The molecule has 7 heteroatoms. The van der Waals surface area contributed by atoms with Crippen LogP contribution in [0, 0.1) is 5.82 Å². The minimum Gasteiger partial charge on any atom is -0.496 e. The van der Waals surface area contributed by atoms with Gasteiger partial charge in [0.25, 0.3) is 11.8 Å². The summed E-state index contributed by atoms with van der Waals surface area (Å²) in [5, 5.41) is 3.10. The summed E-state index contributed by atoms with van der Waals surface area (Å²) in [6, 6.07) is 19.8. The van der Waals surface area contributed by atoms with Crippen LogP contribution in [0.15, 0.2) is 78.5 Å². The number of rotatable bonds is 8. The summed E-state index contributed by atoms with van der Waals surface area (Å²) in [4.78, 5) is 28.1. The Kier molecular flexibility index (Phi) is 6.40. The summed E-state index contributed by atoms with van der Waals surface area (Å²) in [5.74, 6) is -0.275. The van der Waals surface area contributed by atoms with Crippen LogP contribution in [0.1, 0.15) is 18.1 Å². The van der Waals surface area contributed by atoms with Crippen molar-refractivity contribution in [2.45, 2.75) is 13.5 Å². The number of ether oxygens (including phenoxy) is 2. The predicted octanol–water partition coefficient (Wildman–Crippen LogP) is 4.63. The zero-order valence-corrected chi connectivity index (χ0v) is 18.3. The lowest BCUT2D eigenvalue weighted by atomic mass is 10.0. The largest absolute Gasteiger partial charge is 0.496 e. The third-order valence-corrected chi connectivity index (χ3v) is 5.27. The van der Waals surface area contributed by atoms with Crippen molar-refractivity contribution in [3.05, 3.63) is 95.4 Å². The molecule has 0 atom stereocenters. The number of carbonyl (C=O) groups is 2. The first-order valence-electron chi connectivity index (χ1n) is 10.5. The third-order valence-electron chi connectivity index (χ3n) is 5.27. The lowest BCUT2D eigenvalue weighted by Gasteiger charge is -2.17. The molecule has 0 unspecified atom stereocenters. The Balaban J connectivity index is 1.76. The van der Waals surface area contributed by atoms with Gasteiger partial charge in [0.05, 0.1) is 31.5 Å². The van der Waals surface area contributed by atoms with E-state index in [4.69, 9.17) is 9.47 Å². The van der Waals surface area contributed by atoms with E-state index in [9.17, 15) is 14.0 Å². The normalized spacial score (nSPS) is 13.5. The Bertz CT molecular complexity index is 1220. The van der Waals surface area contributed by atoms with E-state index >= 15 is 0 Å². The van der Waals surface area contributed by atoms with Gasteiger partial charge in [-0.3, -0.25) is 14.5 Å². The van der Waals surface area contributed by atoms with Gasteiger partial charge in [-0.05, 0) is 42.8 Å². The van der Waals surface area contributed by atoms with Crippen molar-refractivity contribution in [3.8, 4) is 11.5 Å². The van der Waals surface area contributed by atoms with Crippen LogP contribution in [0.4, 0.5) is 10.1 Å². The highest BCUT2D eigenvalue weighted by Gasteiger charge is 2.39. The molecule has 0 aromatic heterocycles. The topological polar surface area (TPSA) is 67.9 Å². The van der Waals surface area contributed by atoms with E-state index in [-0.39, 0.29) is 17.8 Å². The highest BCUT2D eigenvalue weighted by atomic mass is 19.1. The molecular weight excluding hydrogens is 423 g/mol. The van der Waals surface area contributed by atoms with Gasteiger partial charge in [-0.1, -0.05) is 42.5 Å². The summed E-state index contributed by atoms with van der Waals surface area (Å²) in [6.45, 7) is 2.33. The monoisotopic (exact) mass is 446 g/mol. The second-order valence-corrected chi connectivity index (χ2v) is 7.32. The summed E-state index contributed by atoms with van der Waals surface area (Å²) in [6.07, 6.45) is 0. The van der Waals surface area contributed by atoms with Crippen LogP contribution in [0.2, 0.25) is 0 Å². The Labute approximate surface area is 191 Å². The lowest BCUT2D eigenvalue weighted by Crippen LogP contribution is -2.32. The van der Waals surface area contributed by atoms with Gasteiger partial charge in [-0.2, -0.15) is 0 Å². The second-order valence-electron chi connectivity index (χ2n) is 7.32. The quantitative estimate of drug-likeness (QED) is 0.511. The Morgan fingerprint density at radius 3 is 2.24 bits per heavy atom. The molecule has 0 bridgehead atoms. The molecule has 1 aliphatic rings. The van der Waals surface area contributed by atoms with Gasteiger partial charge < -0.3 is 14.8 Å². The highest BCUT2D eigenvalue weighted by Crippen LogP contribution is 2.35. The molecule has 0 saturated carbocycles. The van der Waals surface area contributed by atoms with Crippen molar-refractivity contribution in [2.75, 3.05) is 19.0 Å². The number of hydrogen-bond donors (Lipinski definition) is 1. The molecule has 2 amide bonds. The number of amides is 2. The van der Waals surface area contributed by atoms with E-state index in [0.29, 0.717) is 34.9 Å².